The Morgan fingerprint density at radius 2 is 1.70 bits per heavy atom. The third-order valence-electron chi connectivity index (χ3n) is 3.77. The van der Waals surface area contributed by atoms with E-state index >= 15 is 0 Å². The summed E-state index contributed by atoms with van der Waals surface area (Å²) in [5.74, 6) is -0.581. The number of likely N-dealkylation sites (tertiary alicyclic amines) is 1. The average molecular weight is 287 g/mol. The van der Waals surface area contributed by atoms with Gasteiger partial charge in [-0.05, 0) is 41.5 Å². The van der Waals surface area contributed by atoms with Crippen LogP contribution in [-0.4, -0.2) is 51.4 Å². The number of primary amides is 1. The summed E-state index contributed by atoms with van der Waals surface area (Å²) in [4.78, 5) is 24.5. The van der Waals surface area contributed by atoms with Gasteiger partial charge < -0.3 is 15.6 Å². The number of aliphatic hydroxyl groups is 1. The Kier molecular flexibility index (Phi) is 4.23. The van der Waals surface area contributed by atoms with Gasteiger partial charge in [0.2, 0.25) is 0 Å². The molecule has 1 aliphatic heterocycles. The van der Waals surface area contributed by atoms with E-state index in [1.54, 1.807) is 20.8 Å². The van der Waals surface area contributed by atoms with Crippen LogP contribution >= 0.6 is 0 Å². The summed E-state index contributed by atoms with van der Waals surface area (Å²) in [5, 5.41) is 9.96. The SMILES string of the molecule is CC(C)(C)OC(=O)[N+]1(C(C)(C)C)C[C@H](O)C[C@H]1C(N)=O. The molecule has 0 radical (unpaired) electrons. The maximum atomic E-state index is 12.7. The molecule has 0 aromatic carbocycles. The molecule has 3 atom stereocenters. The van der Waals surface area contributed by atoms with Gasteiger partial charge in [-0.25, -0.2) is 4.48 Å². The molecule has 0 aliphatic carbocycles. The number of carbonyl (C=O) groups excluding carboxylic acids is 2. The van der Waals surface area contributed by atoms with Crippen molar-refractivity contribution in [3.63, 3.8) is 0 Å². The average Bonchev–Trinajstić information content (AvgIpc) is 2.53. The Labute approximate surface area is 120 Å². The van der Waals surface area contributed by atoms with Crippen molar-refractivity contribution in [2.24, 2.45) is 5.73 Å². The van der Waals surface area contributed by atoms with Crippen LogP contribution in [0.1, 0.15) is 48.0 Å². The molecule has 0 spiro atoms. The summed E-state index contributed by atoms with van der Waals surface area (Å²) in [6.07, 6.45) is -1.06. The molecule has 1 heterocycles. The fourth-order valence-electron chi connectivity index (χ4n) is 2.87. The zero-order valence-electron chi connectivity index (χ0n) is 13.3. The summed E-state index contributed by atoms with van der Waals surface area (Å²) in [7, 11) is 0. The van der Waals surface area contributed by atoms with Crippen LogP contribution in [0.3, 0.4) is 0 Å². The second-order valence-corrected chi connectivity index (χ2v) is 7.51. The predicted molar refractivity (Wildman–Crippen MR) is 74.7 cm³/mol. The van der Waals surface area contributed by atoms with E-state index in [9.17, 15) is 14.7 Å². The highest BCUT2D eigenvalue weighted by molar-refractivity contribution is 5.81. The first-order chi connectivity index (χ1) is 8.81. The second kappa shape index (κ2) is 5.00. The molecule has 1 unspecified atom stereocenters. The highest BCUT2D eigenvalue weighted by Gasteiger charge is 2.62. The first-order valence-corrected chi connectivity index (χ1v) is 6.90. The van der Waals surface area contributed by atoms with Crippen molar-refractivity contribution in [1.29, 1.82) is 0 Å². The lowest BCUT2D eigenvalue weighted by atomic mass is 9.99. The van der Waals surface area contributed by atoms with E-state index in [1.165, 1.54) is 0 Å². The summed E-state index contributed by atoms with van der Waals surface area (Å²) in [5.41, 5.74) is 4.20. The van der Waals surface area contributed by atoms with Crippen molar-refractivity contribution in [1.82, 2.24) is 0 Å². The van der Waals surface area contributed by atoms with Crippen LogP contribution in [-0.2, 0) is 9.53 Å². The van der Waals surface area contributed by atoms with Crippen LogP contribution in [0.25, 0.3) is 0 Å². The lowest BCUT2D eigenvalue weighted by molar-refractivity contribution is -0.908. The van der Waals surface area contributed by atoms with E-state index in [2.05, 4.69) is 0 Å². The zero-order valence-corrected chi connectivity index (χ0v) is 13.3. The minimum atomic E-state index is -0.764. The fourth-order valence-corrected chi connectivity index (χ4v) is 2.87. The molecule has 0 saturated carbocycles. The first kappa shape index (κ1) is 16.9. The highest BCUT2D eigenvalue weighted by Crippen LogP contribution is 2.38. The van der Waals surface area contributed by atoms with Gasteiger partial charge in [-0.1, -0.05) is 0 Å². The number of ether oxygens (including phenoxy) is 1. The molecule has 3 N–H and O–H groups in total. The molecule has 116 valence electrons. The van der Waals surface area contributed by atoms with Gasteiger partial charge in [-0.3, -0.25) is 4.79 Å². The molecule has 6 nitrogen and oxygen atoms in total. The number of rotatable bonds is 1. The van der Waals surface area contributed by atoms with Crippen molar-refractivity contribution < 1.29 is 23.9 Å². The van der Waals surface area contributed by atoms with Crippen LogP contribution < -0.4 is 5.73 Å². The molecule has 20 heavy (non-hydrogen) atoms. The quantitative estimate of drug-likeness (QED) is 0.708. The van der Waals surface area contributed by atoms with Crippen molar-refractivity contribution >= 4 is 12.0 Å². The Morgan fingerprint density at radius 3 is 2.05 bits per heavy atom. The lowest BCUT2D eigenvalue weighted by Crippen LogP contribution is -2.69. The minimum Gasteiger partial charge on any atom is -0.414 e. The van der Waals surface area contributed by atoms with E-state index in [0.717, 1.165) is 0 Å². The Bertz CT molecular complexity index is 408. The van der Waals surface area contributed by atoms with E-state index in [0.29, 0.717) is 0 Å². The number of nitrogens with two attached hydrogens (primary N) is 1. The standard InChI is InChI=1S/C14H26N2O4/c1-13(2,3)16(12(19)20-14(4,5)6)8-9(17)7-10(16)11(15)18/h9-10,17H,7-8H2,1-6H3,(H-,15,18)/p+1/t9-,10+,16?/m1/s1. The maximum absolute atomic E-state index is 12.7. The molecule has 1 aliphatic rings. The number of hydrogen-bond acceptors (Lipinski definition) is 4. The fraction of sp³-hybridized carbons (Fsp3) is 0.857. The summed E-state index contributed by atoms with van der Waals surface area (Å²) < 4.78 is 5.23. The van der Waals surface area contributed by atoms with Crippen LogP contribution in [0.5, 0.6) is 0 Å². The maximum Gasteiger partial charge on any atom is 0.517 e. The van der Waals surface area contributed by atoms with Crippen LogP contribution in [0, 0.1) is 0 Å². The van der Waals surface area contributed by atoms with Gasteiger partial charge in [-0.2, -0.15) is 4.79 Å². The van der Waals surface area contributed by atoms with Gasteiger partial charge in [0, 0.05) is 6.42 Å². The van der Waals surface area contributed by atoms with Gasteiger partial charge in [0.25, 0.3) is 5.91 Å². The normalized spacial score (nSPS) is 31.1. The number of quaternary nitrogens is 1. The third kappa shape index (κ3) is 2.96. The largest absolute Gasteiger partial charge is 0.517 e. The Hall–Kier alpha value is -1.14. The monoisotopic (exact) mass is 287 g/mol. The van der Waals surface area contributed by atoms with Crippen molar-refractivity contribution in [3.05, 3.63) is 0 Å². The Morgan fingerprint density at radius 1 is 1.20 bits per heavy atom. The summed E-state index contributed by atoms with van der Waals surface area (Å²) >= 11 is 0. The summed E-state index contributed by atoms with van der Waals surface area (Å²) in [6.45, 7) is 11.0. The molecule has 1 fully saturated rings. The van der Waals surface area contributed by atoms with Crippen molar-refractivity contribution in [2.45, 2.75) is 71.2 Å². The lowest BCUT2D eigenvalue weighted by Gasteiger charge is -2.45. The number of carbonyl (C=O) groups is 2. The molecular weight excluding hydrogens is 260 g/mol. The summed E-state index contributed by atoms with van der Waals surface area (Å²) in [6, 6.07) is -0.764. The van der Waals surface area contributed by atoms with Gasteiger partial charge in [0.05, 0.1) is 0 Å². The van der Waals surface area contributed by atoms with Crippen molar-refractivity contribution in [2.75, 3.05) is 6.54 Å². The molecule has 2 amide bonds. The number of hydrogen-bond donors (Lipinski definition) is 2. The highest BCUT2D eigenvalue weighted by atomic mass is 16.6. The smallest absolute Gasteiger partial charge is 0.414 e. The molecule has 0 bridgehead atoms. The van der Waals surface area contributed by atoms with E-state index in [-0.39, 0.29) is 17.4 Å². The van der Waals surface area contributed by atoms with E-state index < -0.39 is 35.3 Å². The topological polar surface area (TPSA) is 89.6 Å². The van der Waals surface area contributed by atoms with Gasteiger partial charge in [0.15, 0.2) is 6.04 Å². The Balaban J connectivity index is 3.30. The molecule has 1 rings (SSSR count). The minimum absolute atomic E-state index is 0.145. The second-order valence-electron chi connectivity index (χ2n) is 7.51. The third-order valence-corrected chi connectivity index (χ3v) is 3.77. The van der Waals surface area contributed by atoms with Gasteiger partial charge in [0.1, 0.15) is 23.8 Å². The molecule has 6 heteroatoms. The van der Waals surface area contributed by atoms with Gasteiger partial charge >= 0.3 is 6.09 Å². The van der Waals surface area contributed by atoms with Crippen molar-refractivity contribution in [3.8, 4) is 0 Å². The van der Waals surface area contributed by atoms with Crippen LogP contribution in [0.4, 0.5) is 4.79 Å². The molecule has 0 aromatic rings. The first-order valence-electron chi connectivity index (χ1n) is 6.90. The molecule has 1 saturated heterocycles. The predicted octanol–water partition coefficient (Wildman–Crippen LogP) is 1.16. The van der Waals surface area contributed by atoms with Crippen LogP contribution in [0.2, 0.25) is 0 Å². The number of amides is 2. The van der Waals surface area contributed by atoms with Crippen LogP contribution in [0.15, 0.2) is 0 Å². The zero-order chi connectivity index (χ0) is 15.9. The number of nitrogens with zero attached hydrogens (tertiary/aromatic N) is 1. The van der Waals surface area contributed by atoms with E-state index in [4.69, 9.17) is 10.5 Å². The number of aliphatic hydroxyl groups excluding tert-OH is 1. The molecule has 0 aromatic heterocycles. The van der Waals surface area contributed by atoms with Gasteiger partial charge in [-0.15, -0.1) is 0 Å². The molecular formula is C14H27N2O4+. The van der Waals surface area contributed by atoms with E-state index in [1.807, 2.05) is 20.8 Å².